The van der Waals surface area contributed by atoms with E-state index < -0.39 is 5.82 Å². The largest absolute Gasteiger partial charge is 0.492 e. The maximum atomic E-state index is 13.0. The van der Waals surface area contributed by atoms with Crippen LogP contribution < -0.4 is 4.74 Å². The van der Waals surface area contributed by atoms with Gasteiger partial charge in [0.1, 0.15) is 17.6 Å². The SMILES string of the molecule is C#CCCOc1ccc(C#N)c(F)c1. The van der Waals surface area contributed by atoms with Crippen LogP contribution in [-0.4, -0.2) is 6.61 Å². The second-order valence-corrected chi connectivity index (χ2v) is 2.56. The highest BCUT2D eigenvalue weighted by atomic mass is 19.1. The lowest BCUT2D eigenvalue weighted by Crippen LogP contribution is -1.96. The van der Waals surface area contributed by atoms with Crippen molar-refractivity contribution in [2.45, 2.75) is 6.42 Å². The summed E-state index contributed by atoms with van der Waals surface area (Å²) >= 11 is 0. The second kappa shape index (κ2) is 4.89. The molecule has 0 aliphatic rings. The Morgan fingerprint density at radius 1 is 1.50 bits per heavy atom. The Bertz CT molecular complexity index is 401. The summed E-state index contributed by atoms with van der Waals surface area (Å²) in [5, 5.41) is 8.47. The predicted molar refractivity (Wildman–Crippen MR) is 50.1 cm³/mol. The van der Waals surface area contributed by atoms with Crippen LogP contribution in [0.25, 0.3) is 0 Å². The first-order valence-electron chi connectivity index (χ1n) is 4.04. The highest BCUT2D eigenvalue weighted by Crippen LogP contribution is 2.15. The average molecular weight is 189 g/mol. The summed E-state index contributed by atoms with van der Waals surface area (Å²) in [4.78, 5) is 0. The third-order valence-corrected chi connectivity index (χ3v) is 1.58. The molecular weight excluding hydrogens is 181 g/mol. The van der Waals surface area contributed by atoms with Crippen LogP contribution in [0.3, 0.4) is 0 Å². The molecule has 0 spiro atoms. The number of hydrogen-bond donors (Lipinski definition) is 0. The fourth-order valence-electron chi connectivity index (χ4n) is 0.904. The van der Waals surface area contributed by atoms with Crippen molar-refractivity contribution in [2.75, 3.05) is 6.61 Å². The molecule has 0 saturated heterocycles. The minimum absolute atomic E-state index is 0.00861. The number of rotatable bonds is 3. The van der Waals surface area contributed by atoms with Crippen LogP contribution in [0.4, 0.5) is 4.39 Å². The average Bonchev–Trinajstić information content (AvgIpc) is 2.18. The number of hydrogen-bond acceptors (Lipinski definition) is 2. The van der Waals surface area contributed by atoms with Gasteiger partial charge in [-0.3, -0.25) is 0 Å². The Morgan fingerprint density at radius 3 is 2.86 bits per heavy atom. The Hall–Kier alpha value is -2.00. The van der Waals surface area contributed by atoms with E-state index >= 15 is 0 Å². The van der Waals surface area contributed by atoms with Gasteiger partial charge in [0.05, 0.1) is 12.2 Å². The predicted octanol–water partition coefficient (Wildman–Crippen LogP) is 2.10. The number of benzene rings is 1. The van der Waals surface area contributed by atoms with Gasteiger partial charge < -0.3 is 4.74 Å². The summed E-state index contributed by atoms with van der Waals surface area (Å²) in [7, 11) is 0. The van der Waals surface area contributed by atoms with Gasteiger partial charge in [-0.1, -0.05) is 0 Å². The lowest BCUT2D eigenvalue weighted by Gasteiger charge is -2.03. The summed E-state index contributed by atoms with van der Waals surface area (Å²) < 4.78 is 18.2. The van der Waals surface area contributed by atoms with Crippen LogP contribution in [0, 0.1) is 29.5 Å². The first kappa shape index (κ1) is 10.1. The van der Waals surface area contributed by atoms with Crippen LogP contribution in [0.5, 0.6) is 5.75 Å². The molecule has 3 heteroatoms. The monoisotopic (exact) mass is 189 g/mol. The maximum Gasteiger partial charge on any atom is 0.144 e. The second-order valence-electron chi connectivity index (χ2n) is 2.56. The molecular formula is C11H8FNO. The first-order chi connectivity index (χ1) is 6.77. The van der Waals surface area contributed by atoms with Crippen molar-refractivity contribution in [3.63, 3.8) is 0 Å². The van der Waals surface area contributed by atoms with Crippen molar-refractivity contribution in [3.8, 4) is 24.2 Å². The van der Waals surface area contributed by atoms with Crippen molar-refractivity contribution in [2.24, 2.45) is 0 Å². The van der Waals surface area contributed by atoms with Gasteiger partial charge in [-0.15, -0.1) is 12.3 Å². The summed E-state index contributed by atoms with van der Waals surface area (Å²) in [5.74, 6) is 2.21. The quantitative estimate of drug-likeness (QED) is 0.538. The highest BCUT2D eigenvalue weighted by Gasteiger charge is 2.02. The minimum Gasteiger partial charge on any atom is -0.492 e. The molecule has 0 saturated carbocycles. The van der Waals surface area contributed by atoms with E-state index in [4.69, 9.17) is 16.4 Å². The fourth-order valence-corrected chi connectivity index (χ4v) is 0.904. The van der Waals surface area contributed by atoms with Crippen LogP contribution in [0.2, 0.25) is 0 Å². The smallest absolute Gasteiger partial charge is 0.144 e. The van der Waals surface area contributed by atoms with Crippen molar-refractivity contribution < 1.29 is 9.13 Å². The van der Waals surface area contributed by atoms with Crippen LogP contribution in [-0.2, 0) is 0 Å². The molecule has 0 aliphatic carbocycles. The van der Waals surface area contributed by atoms with Crippen molar-refractivity contribution in [1.82, 2.24) is 0 Å². The zero-order valence-electron chi connectivity index (χ0n) is 7.46. The van der Waals surface area contributed by atoms with E-state index in [1.54, 1.807) is 6.07 Å². The van der Waals surface area contributed by atoms with Crippen molar-refractivity contribution >= 4 is 0 Å². The van der Waals surface area contributed by atoms with E-state index in [0.29, 0.717) is 18.8 Å². The number of halogens is 1. The minimum atomic E-state index is -0.578. The number of ether oxygens (including phenoxy) is 1. The molecule has 0 heterocycles. The van der Waals surface area contributed by atoms with E-state index in [9.17, 15) is 4.39 Å². The van der Waals surface area contributed by atoms with E-state index in [1.165, 1.54) is 18.2 Å². The molecule has 14 heavy (non-hydrogen) atoms. The molecule has 0 unspecified atom stereocenters. The number of nitrogens with zero attached hydrogens (tertiary/aromatic N) is 1. The van der Waals surface area contributed by atoms with Gasteiger partial charge in [0, 0.05) is 12.5 Å². The van der Waals surface area contributed by atoms with Gasteiger partial charge in [0.2, 0.25) is 0 Å². The van der Waals surface area contributed by atoms with Gasteiger partial charge in [-0.2, -0.15) is 5.26 Å². The third kappa shape index (κ3) is 2.50. The summed E-state index contributed by atoms with van der Waals surface area (Å²) in [6.07, 6.45) is 5.49. The molecule has 0 amide bonds. The molecule has 70 valence electrons. The molecule has 0 atom stereocenters. The number of terminal acetylenes is 1. The summed E-state index contributed by atoms with van der Waals surface area (Å²) in [6.45, 7) is 0.349. The van der Waals surface area contributed by atoms with Crippen LogP contribution in [0.15, 0.2) is 18.2 Å². The Kier molecular flexibility index (Phi) is 3.52. The van der Waals surface area contributed by atoms with Crippen LogP contribution >= 0.6 is 0 Å². The Morgan fingerprint density at radius 2 is 2.29 bits per heavy atom. The van der Waals surface area contributed by atoms with Crippen molar-refractivity contribution in [1.29, 1.82) is 5.26 Å². The molecule has 0 fully saturated rings. The molecule has 1 aromatic carbocycles. The molecule has 0 aromatic heterocycles. The van der Waals surface area contributed by atoms with E-state index in [-0.39, 0.29) is 5.56 Å². The fraction of sp³-hybridized carbons (Fsp3) is 0.182. The Balaban J connectivity index is 2.69. The van der Waals surface area contributed by atoms with Gasteiger partial charge in [0.25, 0.3) is 0 Å². The van der Waals surface area contributed by atoms with Gasteiger partial charge in [-0.05, 0) is 12.1 Å². The Labute approximate surface area is 81.9 Å². The standard InChI is InChI=1S/C11H8FNO/c1-2-3-6-14-10-5-4-9(8-13)11(12)7-10/h1,4-5,7H,3,6H2. The highest BCUT2D eigenvalue weighted by molar-refractivity contribution is 5.36. The molecule has 0 aliphatic heterocycles. The molecule has 2 nitrogen and oxygen atoms in total. The van der Waals surface area contributed by atoms with Crippen LogP contribution in [0.1, 0.15) is 12.0 Å². The lowest BCUT2D eigenvalue weighted by molar-refractivity contribution is 0.325. The van der Waals surface area contributed by atoms with Gasteiger partial charge in [-0.25, -0.2) is 4.39 Å². The molecule has 0 bridgehead atoms. The normalized spacial score (nSPS) is 8.79. The maximum absolute atomic E-state index is 13.0. The van der Waals surface area contributed by atoms with Gasteiger partial charge in [0.15, 0.2) is 0 Å². The zero-order valence-corrected chi connectivity index (χ0v) is 7.46. The van der Waals surface area contributed by atoms with E-state index in [2.05, 4.69) is 5.92 Å². The van der Waals surface area contributed by atoms with E-state index in [1.807, 2.05) is 0 Å². The van der Waals surface area contributed by atoms with Gasteiger partial charge >= 0.3 is 0 Å². The lowest BCUT2D eigenvalue weighted by atomic mass is 10.2. The first-order valence-corrected chi connectivity index (χ1v) is 4.04. The third-order valence-electron chi connectivity index (χ3n) is 1.58. The van der Waals surface area contributed by atoms with Crippen molar-refractivity contribution in [3.05, 3.63) is 29.6 Å². The molecule has 1 rings (SSSR count). The zero-order chi connectivity index (χ0) is 10.4. The van der Waals surface area contributed by atoms with E-state index in [0.717, 1.165) is 0 Å². The molecule has 0 N–H and O–H groups in total. The molecule has 0 radical (unpaired) electrons. The topological polar surface area (TPSA) is 33.0 Å². The molecule has 1 aromatic rings. The summed E-state index contributed by atoms with van der Waals surface area (Å²) in [5.41, 5.74) is 0.00861. The summed E-state index contributed by atoms with van der Waals surface area (Å²) in [6, 6.07) is 5.82. The number of nitriles is 1.